The first-order chi connectivity index (χ1) is 8.86. The van der Waals surface area contributed by atoms with E-state index in [0.29, 0.717) is 0 Å². The van der Waals surface area contributed by atoms with Gasteiger partial charge in [-0.25, -0.2) is 0 Å². The lowest BCUT2D eigenvalue weighted by atomic mass is 10.0. The van der Waals surface area contributed by atoms with Crippen molar-refractivity contribution < 1.29 is 0 Å². The van der Waals surface area contributed by atoms with Gasteiger partial charge in [-0.15, -0.1) is 0 Å². The first-order valence-electron chi connectivity index (χ1n) is 5.93. The summed E-state index contributed by atoms with van der Waals surface area (Å²) in [6, 6.07) is 23.0. The number of rotatable bonds is 2. The molecule has 18 heavy (non-hydrogen) atoms. The van der Waals surface area contributed by atoms with E-state index in [1.54, 1.807) is 0 Å². The number of hydrogen-bond donors (Lipinski definition) is 2. The Morgan fingerprint density at radius 3 is 2.17 bits per heavy atom. The number of anilines is 1. The lowest BCUT2D eigenvalue weighted by Crippen LogP contribution is -2.06. The molecule has 0 heterocycles. The second-order valence-corrected chi connectivity index (χ2v) is 4.29. The molecular formula is C16H14N2. The van der Waals surface area contributed by atoms with Crippen LogP contribution in [0.2, 0.25) is 0 Å². The maximum atomic E-state index is 5.41. The summed E-state index contributed by atoms with van der Waals surface area (Å²) in [4.78, 5) is 0. The van der Waals surface area contributed by atoms with E-state index in [9.17, 15) is 0 Å². The van der Waals surface area contributed by atoms with Crippen molar-refractivity contribution in [3.63, 3.8) is 0 Å². The molecule has 0 spiro atoms. The summed E-state index contributed by atoms with van der Waals surface area (Å²) < 4.78 is 0. The van der Waals surface area contributed by atoms with Gasteiger partial charge in [0.1, 0.15) is 0 Å². The molecule has 0 amide bonds. The van der Waals surface area contributed by atoms with E-state index >= 15 is 0 Å². The van der Waals surface area contributed by atoms with Gasteiger partial charge in [0, 0.05) is 5.69 Å². The van der Waals surface area contributed by atoms with Gasteiger partial charge in [0.2, 0.25) is 0 Å². The van der Waals surface area contributed by atoms with Gasteiger partial charge >= 0.3 is 0 Å². The van der Waals surface area contributed by atoms with Crippen LogP contribution >= 0.6 is 0 Å². The number of benzene rings is 3. The second kappa shape index (κ2) is 4.51. The molecule has 0 aliphatic carbocycles. The molecule has 0 bridgehead atoms. The molecule has 3 rings (SSSR count). The molecule has 3 aromatic rings. The zero-order chi connectivity index (χ0) is 12.4. The average molecular weight is 234 g/mol. The molecule has 3 aromatic carbocycles. The highest BCUT2D eigenvalue weighted by atomic mass is 15.2. The van der Waals surface area contributed by atoms with Crippen LogP contribution in [-0.2, 0) is 0 Å². The highest BCUT2D eigenvalue weighted by Crippen LogP contribution is 2.25. The van der Waals surface area contributed by atoms with Crippen LogP contribution in [0.4, 0.5) is 5.69 Å². The van der Waals surface area contributed by atoms with Crippen LogP contribution in [0.1, 0.15) is 0 Å². The Kier molecular flexibility index (Phi) is 2.71. The predicted octanol–water partition coefficient (Wildman–Crippen LogP) is 3.79. The molecule has 0 aliphatic heterocycles. The van der Waals surface area contributed by atoms with Crippen molar-refractivity contribution in [1.82, 2.24) is 0 Å². The third-order valence-electron chi connectivity index (χ3n) is 3.11. The lowest BCUT2D eigenvalue weighted by molar-refractivity contribution is 1.36. The van der Waals surface area contributed by atoms with E-state index < -0.39 is 0 Å². The summed E-state index contributed by atoms with van der Waals surface area (Å²) in [6.07, 6.45) is 0. The van der Waals surface area contributed by atoms with Crippen LogP contribution < -0.4 is 11.3 Å². The van der Waals surface area contributed by atoms with E-state index in [1.807, 2.05) is 18.2 Å². The van der Waals surface area contributed by atoms with Crippen molar-refractivity contribution in [2.24, 2.45) is 5.84 Å². The molecule has 88 valence electrons. The fraction of sp³-hybridized carbons (Fsp3) is 0. The van der Waals surface area contributed by atoms with Crippen LogP contribution in [0, 0.1) is 0 Å². The van der Waals surface area contributed by atoms with Crippen molar-refractivity contribution in [2.45, 2.75) is 0 Å². The van der Waals surface area contributed by atoms with Crippen LogP contribution in [0.15, 0.2) is 66.7 Å². The number of hydrogen-bond acceptors (Lipinski definition) is 2. The molecule has 0 radical (unpaired) electrons. The Balaban J connectivity index is 2.12. The van der Waals surface area contributed by atoms with Crippen molar-refractivity contribution in [2.75, 3.05) is 5.43 Å². The molecule has 0 saturated carbocycles. The van der Waals surface area contributed by atoms with Crippen molar-refractivity contribution in [3.8, 4) is 11.1 Å². The molecule has 2 heteroatoms. The van der Waals surface area contributed by atoms with E-state index in [2.05, 4.69) is 54.0 Å². The average Bonchev–Trinajstić information content (AvgIpc) is 2.47. The minimum absolute atomic E-state index is 0.926. The smallest absolute Gasteiger partial charge is 0.0491 e. The second-order valence-electron chi connectivity index (χ2n) is 4.29. The van der Waals surface area contributed by atoms with Gasteiger partial charge in [-0.3, -0.25) is 5.84 Å². The standard InChI is InChI=1S/C16H14N2/c17-18-16-9-8-14-10-13(6-7-15(14)11-16)12-4-2-1-3-5-12/h1-11,18H,17H2. The minimum atomic E-state index is 0.926. The molecule has 0 atom stereocenters. The number of nitrogens with one attached hydrogen (secondary N) is 1. The predicted molar refractivity (Wildman–Crippen MR) is 77.2 cm³/mol. The van der Waals surface area contributed by atoms with Gasteiger partial charge < -0.3 is 5.43 Å². The quantitative estimate of drug-likeness (QED) is 0.523. The van der Waals surface area contributed by atoms with Crippen LogP contribution in [0.3, 0.4) is 0 Å². The molecule has 0 aromatic heterocycles. The molecule has 2 nitrogen and oxygen atoms in total. The van der Waals surface area contributed by atoms with Gasteiger partial charge in [0.25, 0.3) is 0 Å². The van der Waals surface area contributed by atoms with Gasteiger partial charge in [0.15, 0.2) is 0 Å². The first kappa shape index (κ1) is 10.8. The Labute approximate surface area is 106 Å². The monoisotopic (exact) mass is 234 g/mol. The summed E-state index contributed by atoms with van der Waals surface area (Å²) in [5, 5.41) is 2.40. The van der Waals surface area contributed by atoms with Crippen molar-refractivity contribution in [3.05, 3.63) is 66.7 Å². The number of nitrogen functional groups attached to an aromatic ring is 1. The Hall–Kier alpha value is -2.32. The minimum Gasteiger partial charge on any atom is -0.324 e. The molecule has 0 aliphatic rings. The fourth-order valence-electron chi connectivity index (χ4n) is 2.15. The molecule has 0 fully saturated rings. The third kappa shape index (κ3) is 1.94. The Morgan fingerprint density at radius 2 is 1.39 bits per heavy atom. The van der Waals surface area contributed by atoms with Crippen LogP contribution in [0.25, 0.3) is 21.9 Å². The molecule has 0 saturated heterocycles. The summed E-state index contributed by atoms with van der Waals surface area (Å²) in [7, 11) is 0. The highest BCUT2D eigenvalue weighted by molar-refractivity contribution is 5.89. The number of hydrazine groups is 1. The van der Waals surface area contributed by atoms with E-state index in [0.717, 1.165) is 5.69 Å². The SMILES string of the molecule is NNc1ccc2cc(-c3ccccc3)ccc2c1. The summed E-state index contributed by atoms with van der Waals surface area (Å²) in [5.74, 6) is 5.41. The van der Waals surface area contributed by atoms with Gasteiger partial charge in [-0.05, 0) is 40.1 Å². The highest BCUT2D eigenvalue weighted by Gasteiger charge is 2.00. The maximum Gasteiger partial charge on any atom is 0.0491 e. The Morgan fingerprint density at radius 1 is 0.667 bits per heavy atom. The fourth-order valence-corrected chi connectivity index (χ4v) is 2.15. The maximum absolute atomic E-state index is 5.41. The molecular weight excluding hydrogens is 220 g/mol. The summed E-state index contributed by atoms with van der Waals surface area (Å²) in [5.41, 5.74) is 6.06. The van der Waals surface area contributed by atoms with Gasteiger partial charge in [0.05, 0.1) is 0 Å². The van der Waals surface area contributed by atoms with Gasteiger partial charge in [-0.2, -0.15) is 0 Å². The lowest BCUT2D eigenvalue weighted by Gasteiger charge is -2.06. The van der Waals surface area contributed by atoms with E-state index in [4.69, 9.17) is 5.84 Å². The topological polar surface area (TPSA) is 38.0 Å². The first-order valence-corrected chi connectivity index (χ1v) is 5.93. The van der Waals surface area contributed by atoms with Crippen molar-refractivity contribution in [1.29, 1.82) is 0 Å². The molecule has 3 N–H and O–H groups in total. The zero-order valence-corrected chi connectivity index (χ0v) is 9.93. The summed E-state index contributed by atoms with van der Waals surface area (Å²) >= 11 is 0. The Bertz CT molecular complexity index is 675. The number of nitrogens with two attached hydrogens (primary N) is 1. The van der Waals surface area contributed by atoms with Gasteiger partial charge in [-0.1, -0.05) is 48.5 Å². The van der Waals surface area contributed by atoms with E-state index in [-0.39, 0.29) is 0 Å². The van der Waals surface area contributed by atoms with Crippen molar-refractivity contribution >= 4 is 16.5 Å². The largest absolute Gasteiger partial charge is 0.324 e. The third-order valence-corrected chi connectivity index (χ3v) is 3.11. The normalized spacial score (nSPS) is 10.5. The van der Waals surface area contributed by atoms with E-state index in [1.165, 1.54) is 21.9 Å². The molecule has 0 unspecified atom stereocenters. The zero-order valence-electron chi connectivity index (χ0n) is 9.93. The number of fused-ring (bicyclic) bond motifs is 1. The van der Waals surface area contributed by atoms with Crippen LogP contribution in [0.5, 0.6) is 0 Å². The van der Waals surface area contributed by atoms with Crippen LogP contribution in [-0.4, -0.2) is 0 Å². The summed E-state index contributed by atoms with van der Waals surface area (Å²) in [6.45, 7) is 0.